The largest absolute Gasteiger partial charge is 0.352 e. The maximum atomic E-state index is 11.9. The molecule has 0 aliphatic heterocycles. The molecule has 2 aromatic rings. The van der Waals surface area contributed by atoms with Crippen molar-refractivity contribution in [2.45, 2.75) is 12.8 Å². The Hall–Kier alpha value is -1.11. The van der Waals surface area contributed by atoms with Gasteiger partial charge in [-0.05, 0) is 29.4 Å². The first-order chi connectivity index (χ1) is 8.33. The number of rotatable bonds is 5. The number of nitrogens with one attached hydrogen (secondary N) is 1. The van der Waals surface area contributed by atoms with Crippen LogP contribution in [0.1, 0.15) is 23.2 Å². The summed E-state index contributed by atoms with van der Waals surface area (Å²) < 4.78 is 2.84. The third-order valence-electron chi connectivity index (χ3n) is 2.52. The van der Waals surface area contributed by atoms with E-state index in [-0.39, 0.29) is 5.91 Å². The summed E-state index contributed by atoms with van der Waals surface area (Å²) in [6.07, 6.45) is 5.61. The lowest BCUT2D eigenvalue weighted by atomic mass is 10.2. The zero-order valence-electron chi connectivity index (χ0n) is 9.40. The van der Waals surface area contributed by atoms with Crippen molar-refractivity contribution in [3.63, 3.8) is 0 Å². The molecule has 90 valence electrons. The summed E-state index contributed by atoms with van der Waals surface area (Å²) in [7, 11) is 0. The Morgan fingerprint density at radius 3 is 3.12 bits per heavy atom. The number of nitrogens with zero attached hydrogens (tertiary/aromatic N) is 2. The van der Waals surface area contributed by atoms with Crippen LogP contribution in [0.15, 0.2) is 30.6 Å². The first-order valence-corrected chi connectivity index (χ1v) is 7.12. The predicted octanol–water partition coefficient (Wildman–Crippen LogP) is 2.28. The van der Waals surface area contributed by atoms with Gasteiger partial charge in [0.1, 0.15) is 0 Å². The molecular formula is C12H14IN3O. The molecule has 0 radical (unpaired) electrons. The van der Waals surface area contributed by atoms with Crippen LogP contribution in [0.2, 0.25) is 0 Å². The number of hydrogen-bond donors (Lipinski definition) is 1. The number of carbonyl (C=O) groups is 1. The highest BCUT2D eigenvalue weighted by molar-refractivity contribution is 14.1. The fourth-order valence-corrected chi connectivity index (χ4v) is 2.17. The van der Waals surface area contributed by atoms with Crippen molar-refractivity contribution in [1.82, 2.24) is 14.9 Å². The Labute approximate surface area is 114 Å². The predicted molar refractivity (Wildman–Crippen MR) is 75.6 cm³/mol. The van der Waals surface area contributed by atoms with Gasteiger partial charge in [-0.1, -0.05) is 28.7 Å². The van der Waals surface area contributed by atoms with Crippen LogP contribution in [0.25, 0.3) is 5.52 Å². The molecule has 2 aromatic heterocycles. The van der Waals surface area contributed by atoms with Crippen molar-refractivity contribution in [3.05, 3.63) is 36.2 Å². The molecule has 0 aliphatic carbocycles. The normalized spacial score (nSPS) is 10.6. The highest BCUT2D eigenvalue weighted by Gasteiger charge is 2.10. The number of alkyl halides is 1. The van der Waals surface area contributed by atoms with Crippen LogP contribution >= 0.6 is 22.6 Å². The third-order valence-corrected chi connectivity index (χ3v) is 3.28. The Bertz CT molecular complexity index is 509. The van der Waals surface area contributed by atoms with Crippen LogP contribution in [0.5, 0.6) is 0 Å². The van der Waals surface area contributed by atoms with Gasteiger partial charge in [-0.2, -0.15) is 5.10 Å². The van der Waals surface area contributed by atoms with E-state index in [1.165, 1.54) is 0 Å². The van der Waals surface area contributed by atoms with Crippen molar-refractivity contribution >= 4 is 34.0 Å². The zero-order chi connectivity index (χ0) is 12.1. The smallest absolute Gasteiger partial charge is 0.255 e. The van der Waals surface area contributed by atoms with E-state index in [1.807, 2.05) is 24.4 Å². The van der Waals surface area contributed by atoms with Crippen molar-refractivity contribution in [2.75, 3.05) is 11.0 Å². The van der Waals surface area contributed by atoms with E-state index in [0.717, 1.165) is 29.3 Å². The molecule has 1 amide bonds. The van der Waals surface area contributed by atoms with Gasteiger partial charge in [0.05, 0.1) is 17.3 Å². The van der Waals surface area contributed by atoms with Crippen molar-refractivity contribution < 1.29 is 4.79 Å². The molecule has 17 heavy (non-hydrogen) atoms. The molecular weight excluding hydrogens is 329 g/mol. The van der Waals surface area contributed by atoms with Crippen LogP contribution in [-0.4, -0.2) is 26.5 Å². The van der Waals surface area contributed by atoms with Crippen LogP contribution in [0.4, 0.5) is 0 Å². The van der Waals surface area contributed by atoms with E-state index in [4.69, 9.17) is 0 Å². The SMILES string of the molecule is O=C(NCCCCI)c1cnn2ccccc12. The Morgan fingerprint density at radius 2 is 2.29 bits per heavy atom. The Morgan fingerprint density at radius 1 is 1.41 bits per heavy atom. The monoisotopic (exact) mass is 343 g/mol. The minimum Gasteiger partial charge on any atom is -0.352 e. The second-order valence-corrected chi connectivity index (χ2v) is 4.82. The molecule has 0 spiro atoms. The lowest BCUT2D eigenvalue weighted by Gasteiger charge is -2.02. The van der Waals surface area contributed by atoms with Gasteiger partial charge in [0, 0.05) is 12.7 Å². The highest BCUT2D eigenvalue weighted by Crippen LogP contribution is 2.09. The molecule has 1 N–H and O–H groups in total. The summed E-state index contributed by atoms with van der Waals surface area (Å²) >= 11 is 2.34. The summed E-state index contributed by atoms with van der Waals surface area (Å²) in [5, 5.41) is 7.06. The molecule has 0 saturated heterocycles. The average molecular weight is 343 g/mol. The fourth-order valence-electron chi connectivity index (χ4n) is 1.63. The minimum absolute atomic E-state index is 0.0420. The Kier molecular flexibility index (Phi) is 4.36. The Balaban J connectivity index is 2.04. The number of carbonyl (C=O) groups excluding carboxylic acids is 1. The number of pyridine rings is 1. The molecule has 0 fully saturated rings. The number of unbranched alkanes of at least 4 members (excludes halogenated alkanes) is 1. The maximum absolute atomic E-state index is 11.9. The van der Waals surface area contributed by atoms with Crippen molar-refractivity contribution in [3.8, 4) is 0 Å². The molecule has 2 heterocycles. The molecule has 2 rings (SSSR count). The van der Waals surface area contributed by atoms with E-state index in [2.05, 4.69) is 33.0 Å². The van der Waals surface area contributed by atoms with Gasteiger partial charge in [-0.15, -0.1) is 0 Å². The van der Waals surface area contributed by atoms with Crippen LogP contribution in [-0.2, 0) is 0 Å². The molecule has 5 heteroatoms. The molecule has 0 atom stereocenters. The summed E-state index contributed by atoms with van der Waals surface area (Å²) in [6, 6.07) is 5.69. The molecule has 0 unspecified atom stereocenters. The first-order valence-electron chi connectivity index (χ1n) is 5.59. The summed E-state index contributed by atoms with van der Waals surface area (Å²) in [5.74, 6) is -0.0420. The quantitative estimate of drug-likeness (QED) is 0.514. The highest BCUT2D eigenvalue weighted by atomic mass is 127. The van der Waals surface area contributed by atoms with Gasteiger partial charge in [-0.3, -0.25) is 4.79 Å². The van der Waals surface area contributed by atoms with Gasteiger partial charge >= 0.3 is 0 Å². The number of fused-ring (bicyclic) bond motifs is 1. The second-order valence-electron chi connectivity index (χ2n) is 3.74. The summed E-state index contributed by atoms with van der Waals surface area (Å²) in [4.78, 5) is 11.9. The molecule has 4 nitrogen and oxygen atoms in total. The van der Waals surface area contributed by atoms with Gasteiger partial charge < -0.3 is 5.32 Å². The molecule has 0 saturated carbocycles. The van der Waals surface area contributed by atoms with Gasteiger partial charge in [0.25, 0.3) is 5.91 Å². The maximum Gasteiger partial charge on any atom is 0.255 e. The first kappa shape index (κ1) is 12.3. The van der Waals surface area contributed by atoms with Crippen LogP contribution in [0.3, 0.4) is 0 Å². The average Bonchev–Trinajstić information content (AvgIpc) is 2.78. The number of amides is 1. The zero-order valence-corrected chi connectivity index (χ0v) is 11.6. The van der Waals surface area contributed by atoms with E-state index in [1.54, 1.807) is 10.7 Å². The van der Waals surface area contributed by atoms with Crippen LogP contribution < -0.4 is 5.32 Å². The molecule has 0 bridgehead atoms. The van der Waals surface area contributed by atoms with E-state index in [0.29, 0.717) is 5.56 Å². The van der Waals surface area contributed by atoms with E-state index < -0.39 is 0 Å². The molecule has 0 aromatic carbocycles. The van der Waals surface area contributed by atoms with Crippen LogP contribution in [0, 0.1) is 0 Å². The van der Waals surface area contributed by atoms with E-state index >= 15 is 0 Å². The second kappa shape index (κ2) is 6.00. The standard InChI is InChI=1S/C12H14IN3O/c13-6-2-3-7-14-12(17)10-9-15-16-8-4-1-5-11(10)16/h1,4-5,8-9H,2-3,6-7H2,(H,14,17). The van der Waals surface area contributed by atoms with E-state index in [9.17, 15) is 4.79 Å². The van der Waals surface area contributed by atoms with Gasteiger partial charge in [0.15, 0.2) is 0 Å². The minimum atomic E-state index is -0.0420. The lowest BCUT2D eigenvalue weighted by Crippen LogP contribution is -2.24. The lowest BCUT2D eigenvalue weighted by molar-refractivity contribution is 0.0955. The number of hydrogen-bond acceptors (Lipinski definition) is 2. The molecule has 0 aliphatic rings. The number of aromatic nitrogens is 2. The number of halogens is 1. The van der Waals surface area contributed by atoms with Gasteiger partial charge in [0.2, 0.25) is 0 Å². The van der Waals surface area contributed by atoms with Crippen molar-refractivity contribution in [2.24, 2.45) is 0 Å². The summed E-state index contributed by atoms with van der Waals surface area (Å²) in [6.45, 7) is 0.728. The third kappa shape index (κ3) is 2.96. The topological polar surface area (TPSA) is 46.4 Å². The summed E-state index contributed by atoms with van der Waals surface area (Å²) in [5.41, 5.74) is 1.49. The van der Waals surface area contributed by atoms with Crippen molar-refractivity contribution in [1.29, 1.82) is 0 Å². The fraction of sp³-hybridized carbons (Fsp3) is 0.333. The van der Waals surface area contributed by atoms with Gasteiger partial charge in [-0.25, -0.2) is 4.52 Å².